The van der Waals surface area contributed by atoms with Crippen molar-refractivity contribution in [2.45, 2.75) is 19.9 Å². The van der Waals surface area contributed by atoms with Crippen LogP contribution in [0.25, 0.3) is 0 Å². The summed E-state index contributed by atoms with van der Waals surface area (Å²) in [4.78, 5) is 11.3. The summed E-state index contributed by atoms with van der Waals surface area (Å²) in [6.45, 7) is 3.50. The number of halogens is 1. The largest absolute Gasteiger partial charge is 0.323 e. The van der Waals surface area contributed by atoms with E-state index < -0.39 is 6.04 Å². The van der Waals surface area contributed by atoms with Crippen molar-refractivity contribution in [2.24, 2.45) is 5.73 Å². The lowest BCUT2D eigenvalue weighted by atomic mass is 10.2. The summed E-state index contributed by atoms with van der Waals surface area (Å²) in [6.07, 6.45) is 0. The van der Waals surface area contributed by atoms with Crippen molar-refractivity contribution in [1.82, 2.24) is 0 Å². The van der Waals surface area contributed by atoms with Gasteiger partial charge < -0.3 is 11.1 Å². The molecule has 0 spiro atoms. The molecule has 3 N–H and O–H groups in total. The van der Waals surface area contributed by atoms with E-state index in [1.54, 1.807) is 13.0 Å². The van der Waals surface area contributed by atoms with E-state index in [-0.39, 0.29) is 5.91 Å². The first-order valence-electron chi connectivity index (χ1n) is 4.34. The van der Waals surface area contributed by atoms with Crippen LogP contribution in [0.4, 0.5) is 5.69 Å². The van der Waals surface area contributed by atoms with Crippen molar-refractivity contribution in [3.8, 4) is 0 Å². The number of amides is 1. The Morgan fingerprint density at radius 2 is 2.21 bits per heavy atom. The van der Waals surface area contributed by atoms with E-state index in [2.05, 4.69) is 5.32 Å². The van der Waals surface area contributed by atoms with Gasteiger partial charge in [0.1, 0.15) is 0 Å². The first kappa shape index (κ1) is 11.0. The van der Waals surface area contributed by atoms with Gasteiger partial charge >= 0.3 is 0 Å². The second kappa shape index (κ2) is 4.44. The summed E-state index contributed by atoms with van der Waals surface area (Å²) in [5.41, 5.74) is 6.95. The molecule has 76 valence electrons. The topological polar surface area (TPSA) is 55.1 Å². The van der Waals surface area contributed by atoms with Gasteiger partial charge in [-0.2, -0.15) is 0 Å². The summed E-state index contributed by atoms with van der Waals surface area (Å²) in [7, 11) is 0. The Morgan fingerprint density at radius 1 is 1.57 bits per heavy atom. The molecular formula is C10H13ClN2O. The summed E-state index contributed by atoms with van der Waals surface area (Å²) in [5.74, 6) is -0.238. The minimum Gasteiger partial charge on any atom is -0.323 e. The van der Waals surface area contributed by atoms with Crippen molar-refractivity contribution >= 4 is 23.2 Å². The molecule has 4 heteroatoms. The third-order valence-corrected chi connectivity index (χ3v) is 2.36. The number of nitrogens with one attached hydrogen (secondary N) is 1. The van der Waals surface area contributed by atoms with Crippen LogP contribution in [0.1, 0.15) is 12.5 Å². The smallest absolute Gasteiger partial charge is 0.241 e. The minimum atomic E-state index is -0.536. The van der Waals surface area contributed by atoms with Crippen LogP contribution in [0.3, 0.4) is 0 Å². The van der Waals surface area contributed by atoms with E-state index in [1.165, 1.54) is 0 Å². The van der Waals surface area contributed by atoms with Gasteiger partial charge in [0.15, 0.2) is 0 Å². The molecule has 0 saturated carbocycles. The van der Waals surface area contributed by atoms with Crippen LogP contribution in [0, 0.1) is 6.92 Å². The first-order valence-corrected chi connectivity index (χ1v) is 4.71. The van der Waals surface area contributed by atoms with Crippen molar-refractivity contribution in [3.63, 3.8) is 0 Å². The van der Waals surface area contributed by atoms with Crippen LogP contribution in [0.15, 0.2) is 18.2 Å². The molecule has 1 aromatic carbocycles. The van der Waals surface area contributed by atoms with E-state index >= 15 is 0 Å². The molecule has 3 nitrogen and oxygen atoms in total. The zero-order valence-corrected chi connectivity index (χ0v) is 8.93. The van der Waals surface area contributed by atoms with E-state index in [1.807, 2.05) is 19.1 Å². The Balaban J connectivity index is 2.87. The number of aryl methyl sites for hydroxylation is 1. The molecule has 0 unspecified atom stereocenters. The maximum absolute atomic E-state index is 11.3. The number of benzene rings is 1. The molecule has 1 rings (SSSR count). The summed E-state index contributed by atoms with van der Waals surface area (Å²) >= 11 is 5.99. The van der Waals surface area contributed by atoms with Gasteiger partial charge in [-0.3, -0.25) is 4.79 Å². The van der Waals surface area contributed by atoms with Crippen molar-refractivity contribution in [1.29, 1.82) is 0 Å². The second-order valence-corrected chi connectivity index (χ2v) is 3.59. The molecule has 1 aromatic rings. The molecule has 0 aliphatic rings. The third-order valence-electron chi connectivity index (χ3n) is 1.86. The quantitative estimate of drug-likeness (QED) is 0.787. The Labute approximate surface area is 88.2 Å². The van der Waals surface area contributed by atoms with Crippen LogP contribution >= 0.6 is 11.6 Å². The molecule has 0 radical (unpaired) electrons. The van der Waals surface area contributed by atoms with Crippen LogP contribution < -0.4 is 11.1 Å². The van der Waals surface area contributed by atoms with Crippen LogP contribution in [0.5, 0.6) is 0 Å². The third kappa shape index (κ3) is 2.47. The number of hydrogen-bond acceptors (Lipinski definition) is 2. The lowest BCUT2D eigenvalue weighted by Gasteiger charge is -2.10. The molecular weight excluding hydrogens is 200 g/mol. The lowest BCUT2D eigenvalue weighted by Crippen LogP contribution is -2.32. The van der Waals surface area contributed by atoms with Gasteiger partial charge in [-0.1, -0.05) is 23.7 Å². The second-order valence-electron chi connectivity index (χ2n) is 3.21. The van der Waals surface area contributed by atoms with Gasteiger partial charge in [0.25, 0.3) is 0 Å². The molecule has 1 amide bonds. The van der Waals surface area contributed by atoms with Crippen LogP contribution in [-0.2, 0) is 4.79 Å². The molecule has 0 aliphatic carbocycles. The number of anilines is 1. The van der Waals surface area contributed by atoms with E-state index in [9.17, 15) is 4.79 Å². The number of rotatable bonds is 2. The Hall–Kier alpha value is -1.06. The number of nitrogens with two attached hydrogens (primary N) is 1. The fraction of sp³-hybridized carbons (Fsp3) is 0.300. The van der Waals surface area contributed by atoms with Crippen molar-refractivity contribution in [3.05, 3.63) is 28.8 Å². The molecule has 0 fully saturated rings. The van der Waals surface area contributed by atoms with Gasteiger partial charge in [-0.25, -0.2) is 0 Å². The molecule has 0 bridgehead atoms. The highest BCUT2D eigenvalue weighted by Crippen LogP contribution is 2.24. The fourth-order valence-corrected chi connectivity index (χ4v) is 1.16. The average molecular weight is 213 g/mol. The Morgan fingerprint density at radius 3 is 2.79 bits per heavy atom. The zero-order valence-electron chi connectivity index (χ0n) is 8.17. The van der Waals surface area contributed by atoms with E-state index in [0.717, 1.165) is 5.56 Å². The number of carbonyl (C=O) groups excluding carboxylic acids is 1. The first-order chi connectivity index (χ1) is 6.52. The van der Waals surface area contributed by atoms with Gasteiger partial charge in [-0.15, -0.1) is 0 Å². The van der Waals surface area contributed by atoms with Gasteiger partial charge in [0.05, 0.1) is 16.8 Å². The van der Waals surface area contributed by atoms with Crippen LogP contribution in [0.2, 0.25) is 5.02 Å². The highest BCUT2D eigenvalue weighted by atomic mass is 35.5. The van der Waals surface area contributed by atoms with E-state index in [4.69, 9.17) is 17.3 Å². The molecule has 0 heterocycles. The highest BCUT2D eigenvalue weighted by molar-refractivity contribution is 6.34. The fourth-order valence-electron chi connectivity index (χ4n) is 0.991. The van der Waals surface area contributed by atoms with Crippen molar-refractivity contribution in [2.75, 3.05) is 5.32 Å². The lowest BCUT2D eigenvalue weighted by molar-refractivity contribution is -0.117. The summed E-state index contributed by atoms with van der Waals surface area (Å²) in [6, 6.07) is 4.92. The molecule has 14 heavy (non-hydrogen) atoms. The van der Waals surface area contributed by atoms with Gasteiger partial charge in [0, 0.05) is 0 Å². The summed E-state index contributed by atoms with van der Waals surface area (Å²) in [5, 5.41) is 3.21. The maximum Gasteiger partial charge on any atom is 0.241 e. The average Bonchev–Trinajstić information content (AvgIpc) is 2.12. The Bertz CT molecular complexity index is 350. The molecule has 0 aliphatic heterocycles. The predicted molar refractivity (Wildman–Crippen MR) is 58.5 cm³/mol. The van der Waals surface area contributed by atoms with Gasteiger partial charge in [0.2, 0.25) is 5.91 Å². The molecule has 1 atom stereocenters. The normalized spacial score (nSPS) is 12.3. The summed E-state index contributed by atoms with van der Waals surface area (Å²) < 4.78 is 0. The maximum atomic E-state index is 11.3. The molecule has 0 saturated heterocycles. The Kier molecular flexibility index (Phi) is 3.49. The van der Waals surface area contributed by atoms with Crippen molar-refractivity contribution < 1.29 is 4.79 Å². The standard InChI is InChI=1S/C10H13ClN2O/c1-6-4-3-5-8(9(6)11)13-10(14)7(2)12/h3-5,7H,12H2,1-2H3,(H,13,14)/t7-/m1/s1. The number of hydrogen-bond donors (Lipinski definition) is 2. The van der Waals surface area contributed by atoms with E-state index in [0.29, 0.717) is 10.7 Å². The highest BCUT2D eigenvalue weighted by Gasteiger charge is 2.10. The minimum absolute atomic E-state index is 0.238. The zero-order chi connectivity index (χ0) is 10.7. The predicted octanol–water partition coefficient (Wildman–Crippen LogP) is 1.93. The van der Waals surface area contributed by atoms with Crippen LogP contribution in [-0.4, -0.2) is 11.9 Å². The number of carbonyl (C=O) groups is 1. The monoisotopic (exact) mass is 212 g/mol. The molecule has 0 aromatic heterocycles. The van der Waals surface area contributed by atoms with Gasteiger partial charge in [-0.05, 0) is 25.5 Å². The SMILES string of the molecule is Cc1cccc(NC(=O)[C@@H](C)N)c1Cl.